The van der Waals surface area contributed by atoms with Crippen LogP contribution in [0.2, 0.25) is 0 Å². The van der Waals surface area contributed by atoms with Gasteiger partial charge in [-0.25, -0.2) is 0 Å². The van der Waals surface area contributed by atoms with Crippen molar-refractivity contribution < 1.29 is 9.47 Å². The van der Waals surface area contributed by atoms with Gasteiger partial charge in [-0.05, 0) is 31.0 Å². The van der Waals surface area contributed by atoms with Crippen molar-refractivity contribution in [2.45, 2.75) is 32.7 Å². The molecule has 0 heterocycles. The minimum Gasteiger partial charge on any atom is -0.354 e. The summed E-state index contributed by atoms with van der Waals surface area (Å²) in [6.07, 6.45) is -0.216. The first kappa shape index (κ1) is 14.6. The average Bonchev–Trinajstić information content (AvgIpc) is 2.32. The quantitative estimate of drug-likeness (QED) is 0.820. The summed E-state index contributed by atoms with van der Waals surface area (Å²) in [4.78, 5) is 0. The number of rotatable bonds is 6. The molecule has 0 aliphatic rings. The van der Waals surface area contributed by atoms with E-state index in [1.807, 2.05) is 6.92 Å². The van der Waals surface area contributed by atoms with Crippen molar-refractivity contribution in [2.24, 2.45) is 0 Å². The predicted octanol–water partition coefficient (Wildman–Crippen LogP) is 2.85. The molecule has 0 radical (unpaired) electrons. The fraction of sp³-hybridized carbons (Fsp3) is 0.538. The Hall–Kier alpha value is -0.420. The molecule has 1 N–H and O–H groups in total. The molecule has 0 bridgehead atoms. The van der Waals surface area contributed by atoms with E-state index in [0.29, 0.717) is 0 Å². The fourth-order valence-corrected chi connectivity index (χ4v) is 1.94. The van der Waals surface area contributed by atoms with Crippen LogP contribution in [-0.2, 0) is 16.0 Å². The molecular formula is C13H20BrNO2. The van der Waals surface area contributed by atoms with E-state index >= 15 is 0 Å². The van der Waals surface area contributed by atoms with Gasteiger partial charge in [0, 0.05) is 25.2 Å². The molecule has 4 heteroatoms. The van der Waals surface area contributed by atoms with Gasteiger partial charge in [-0.1, -0.05) is 28.1 Å². The molecule has 0 saturated heterocycles. The maximum Gasteiger partial charge on any atom is 0.171 e. The second-order valence-electron chi connectivity index (χ2n) is 4.09. The Morgan fingerprint density at radius 3 is 2.47 bits per heavy atom. The van der Waals surface area contributed by atoms with Crippen molar-refractivity contribution in [1.82, 2.24) is 5.32 Å². The number of ether oxygens (including phenoxy) is 2. The van der Waals surface area contributed by atoms with Gasteiger partial charge < -0.3 is 14.8 Å². The minimum absolute atomic E-state index is 0.147. The van der Waals surface area contributed by atoms with E-state index in [4.69, 9.17) is 9.47 Å². The number of halogens is 1. The van der Waals surface area contributed by atoms with Gasteiger partial charge in [-0.3, -0.25) is 0 Å². The first-order valence-corrected chi connectivity index (χ1v) is 6.41. The van der Waals surface area contributed by atoms with Gasteiger partial charge in [0.1, 0.15) is 0 Å². The van der Waals surface area contributed by atoms with Crippen LogP contribution in [0.15, 0.2) is 22.7 Å². The number of hydrogen-bond acceptors (Lipinski definition) is 3. The third-order valence-corrected chi connectivity index (χ3v) is 3.61. The highest BCUT2D eigenvalue weighted by molar-refractivity contribution is 9.10. The van der Waals surface area contributed by atoms with Gasteiger partial charge in [-0.15, -0.1) is 0 Å². The van der Waals surface area contributed by atoms with Crippen LogP contribution in [0.25, 0.3) is 0 Å². The van der Waals surface area contributed by atoms with Crippen LogP contribution in [0.5, 0.6) is 0 Å². The van der Waals surface area contributed by atoms with Gasteiger partial charge in [0.05, 0.1) is 6.04 Å². The van der Waals surface area contributed by atoms with Crippen LogP contribution >= 0.6 is 15.9 Å². The van der Waals surface area contributed by atoms with E-state index in [2.05, 4.69) is 46.4 Å². The molecule has 1 unspecified atom stereocenters. The Labute approximate surface area is 112 Å². The standard InChI is InChI=1S/C13H20BrNO2/c1-9-7-11(5-6-12(9)14)8-15-10(2)13(16-3)17-4/h5-7,10,13,15H,8H2,1-4H3. The lowest BCUT2D eigenvalue weighted by molar-refractivity contribution is -0.119. The van der Waals surface area contributed by atoms with Gasteiger partial charge in [-0.2, -0.15) is 0 Å². The van der Waals surface area contributed by atoms with Crippen molar-refractivity contribution in [1.29, 1.82) is 0 Å². The number of aryl methyl sites for hydroxylation is 1. The lowest BCUT2D eigenvalue weighted by Crippen LogP contribution is -2.39. The first-order valence-electron chi connectivity index (χ1n) is 5.62. The summed E-state index contributed by atoms with van der Waals surface area (Å²) < 4.78 is 11.5. The van der Waals surface area contributed by atoms with Crippen LogP contribution in [0.3, 0.4) is 0 Å². The molecule has 0 aliphatic carbocycles. The van der Waals surface area contributed by atoms with Gasteiger partial charge in [0.15, 0.2) is 6.29 Å². The first-order chi connectivity index (χ1) is 8.08. The molecule has 1 rings (SSSR count). The lowest BCUT2D eigenvalue weighted by Gasteiger charge is -2.22. The Morgan fingerprint density at radius 1 is 1.29 bits per heavy atom. The molecule has 0 aliphatic heterocycles. The summed E-state index contributed by atoms with van der Waals surface area (Å²) >= 11 is 3.49. The molecule has 0 aromatic heterocycles. The van der Waals surface area contributed by atoms with Crippen molar-refractivity contribution in [3.05, 3.63) is 33.8 Å². The Kier molecular flexibility index (Phi) is 6.12. The lowest BCUT2D eigenvalue weighted by atomic mass is 10.1. The molecule has 17 heavy (non-hydrogen) atoms. The van der Waals surface area contributed by atoms with E-state index < -0.39 is 0 Å². The molecule has 0 saturated carbocycles. The molecule has 0 amide bonds. The van der Waals surface area contributed by atoms with E-state index in [-0.39, 0.29) is 12.3 Å². The molecule has 1 aromatic rings. The Balaban J connectivity index is 2.52. The summed E-state index contributed by atoms with van der Waals surface area (Å²) in [5.74, 6) is 0. The third kappa shape index (κ3) is 4.39. The number of benzene rings is 1. The zero-order valence-corrected chi connectivity index (χ0v) is 12.4. The van der Waals surface area contributed by atoms with Crippen molar-refractivity contribution in [2.75, 3.05) is 14.2 Å². The highest BCUT2D eigenvalue weighted by atomic mass is 79.9. The molecule has 1 aromatic carbocycles. The van der Waals surface area contributed by atoms with Gasteiger partial charge >= 0.3 is 0 Å². The third-order valence-electron chi connectivity index (χ3n) is 2.72. The monoisotopic (exact) mass is 301 g/mol. The number of methoxy groups -OCH3 is 2. The van der Waals surface area contributed by atoms with Gasteiger partial charge in [0.25, 0.3) is 0 Å². The van der Waals surface area contributed by atoms with Crippen molar-refractivity contribution >= 4 is 15.9 Å². The summed E-state index contributed by atoms with van der Waals surface area (Å²) in [5.41, 5.74) is 2.50. The molecule has 3 nitrogen and oxygen atoms in total. The highest BCUT2D eigenvalue weighted by Gasteiger charge is 2.14. The van der Waals surface area contributed by atoms with E-state index in [9.17, 15) is 0 Å². The van der Waals surface area contributed by atoms with Crippen LogP contribution in [0.1, 0.15) is 18.1 Å². The molecule has 1 atom stereocenters. The van der Waals surface area contributed by atoms with Crippen molar-refractivity contribution in [3.63, 3.8) is 0 Å². The smallest absolute Gasteiger partial charge is 0.171 e. The van der Waals surface area contributed by atoms with Gasteiger partial charge in [0.2, 0.25) is 0 Å². The summed E-state index contributed by atoms with van der Waals surface area (Å²) in [7, 11) is 3.30. The van der Waals surface area contributed by atoms with E-state index in [1.165, 1.54) is 11.1 Å². The van der Waals surface area contributed by atoms with Crippen LogP contribution in [0, 0.1) is 6.92 Å². The van der Waals surface area contributed by atoms with Crippen molar-refractivity contribution in [3.8, 4) is 0 Å². The normalized spacial score (nSPS) is 13.1. The molecule has 0 spiro atoms. The summed E-state index contributed by atoms with van der Waals surface area (Å²) in [5, 5.41) is 3.38. The maximum atomic E-state index is 5.20. The predicted molar refractivity (Wildman–Crippen MR) is 73.0 cm³/mol. The largest absolute Gasteiger partial charge is 0.354 e. The Bertz CT molecular complexity index is 353. The number of nitrogens with one attached hydrogen (secondary N) is 1. The van der Waals surface area contributed by atoms with Crippen LogP contribution < -0.4 is 5.32 Å². The molecular weight excluding hydrogens is 282 g/mol. The zero-order chi connectivity index (χ0) is 12.8. The van der Waals surface area contributed by atoms with Crippen LogP contribution in [0.4, 0.5) is 0 Å². The molecule has 96 valence electrons. The second-order valence-corrected chi connectivity index (χ2v) is 4.95. The SMILES string of the molecule is COC(OC)C(C)NCc1ccc(Br)c(C)c1. The molecule has 0 fully saturated rings. The van der Waals surface area contributed by atoms with Crippen LogP contribution in [-0.4, -0.2) is 26.6 Å². The maximum absolute atomic E-state index is 5.20. The minimum atomic E-state index is -0.216. The Morgan fingerprint density at radius 2 is 1.94 bits per heavy atom. The summed E-state index contributed by atoms with van der Waals surface area (Å²) in [6, 6.07) is 6.49. The average molecular weight is 302 g/mol. The topological polar surface area (TPSA) is 30.5 Å². The summed E-state index contributed by atoms with van der Waals surface area (Å²) in [6.45, 7) is 4.94. The number of hydrogen-bond donors (Lipinski definition) is 1. The fourth-order valence-electron chi connectivity index (χ4n) is 1.70. The van der Waals surface area contributed by atoms with E-state index in [0.717, 1.165) is 11.0 Å². The highest BCUT2D eigenvalue weighted by Crippen LogP contribution is 2.17. The van der Waals surface area contributed by atoms with E-state index in [1.54, 1.807) is 14.2 Å². The zero-order valence-electron chi connectivity index (χ0n) is 10.8. The second kappa shape index (κ2) is 7.11.